The number of aromatic nitrogens is 2. The molecular formula is C8H10N4O. The number of hydrogen-bond acceptors (Lipinski definition) is 4. The number of nitrogens with one attached hydrogen (secondary N) is 1. The number of rotatable bonds is 0. The van der Waals surface area contributed by atoms with Gasteiger partial charge in [-0.3, -0.25) is 11.7 Å². The molecule has 0 amide bonds. The fraction of sp³-hybridized carbons (Fsp3) is 0. The molecule has 2 rings (SSSR count). The minimum Gasteiger partial charge on any atom is -0.305 e. The second-order valence-electron chi connectivity index (χ2n) is 2.28. The van der Waals surface area contributed by atoms with E-state index in [0.717, 1.165) is 10.9 Å². The van der Waals surface area contributed by atoms with Gasteiger partial charge in [0.15, 0.2) is 0 Å². The minimum atomic E-state index is -0.302. The van der Waals surface area contributed by atoms with Crippen LogP contribution in [0.3, 0.4) is 0 Å². The van der Waals surface area contributed by atoms with Gasteiger partial charge in [0.05, 0.1) is 5.52 Å². The van der Waals surface area contributed by atoms with Gasteiger partial charge in [-0.1, -0.05) is 18.2 Å². The van der Waals surface area contributed by atoms with Crippen LogP contribution in [-0.4, -0.2) is 9.97 Å². The molecule has 0 aliphatic rings. The second kappa shape index (κ2) is 4.34. The van der Waals surface area contributed by atoms with E-state index in [9.17, 15) is 4.79 Å². The third-order valence-corrected chi connectivity index (χ3v) is 1.52. The Morgan fingerprint density at radius 1 is 1.23 bits per heavy atom. The summed E-state index contributed by atoms with van der Waals surface area (Å²) in [5, 5.41) is 0.951. The monoisotopic (exact) mass is 178 g/mol. The van der Waals surface area contributed by atoms with Gasteiger partial charge < -0.3 is 4.98 Å². The number of hydrogen-bond donors (Lipinski definition) is 3. The Kier molecular flexibility index (Phi) is 3.13. The van der Waals surface area contributed by atoms with Crippen LogP contribution >= 0.6 is 0 Å². The maximum absolute atomic E-state index is 10.7. The maximum Gasteiger partial charge on any atom is 0.345 e. The molecule has 5 heteroatoms. The van der Waals surface area contributed by atoms with Gasteiger partial charge in [0.25, 0.3) is 0 Å². The van der Waals surface area contributed by atoms with Gasteiger partial charge in [-0.15, -0.1) is 0 Å². The first-order valence-corrected chi connectivity index (χ1v) is 3.64. The van der Waals surface area contributed by atoms with Crippen molar-refractivity contribution in [3.8, 4) is 0 Å². The lowest BCUT2D eigenvalue weighted by Gasteiger charge is -1.92. The molecule has 68 valence electrons. The van der Waals surface area contributed by atoms with Crippen molar-refractivity contribution in [2.75, 3.05) is 0 Å². The van der Waals surface area contributed by atoms with E-state index in [-0.39, 0.29) is 5.69 Å². The van der Waals surface area contributed by atoms with Crippen molar-refractivity contribution in [3.63, 3.8) is 0 Å². The summed E-state index contributed by atoms with van der Waals surface area (Å²) in [6.07, 6.45) is 1.56. The summed E-state index contributed by atoms with van der Waals surface area (Å²) < 4.78 is 0. The molecular weight excluding hydrogens is 168 g/mol. The van der Waals surface area contributed by atoms with Crippen LogP contribution < -0.4 is 17.4 Å². The first kappa shape index (κ1) is 9.37. The smallest absolute Gasteiger partial charge is 0.305 e. The van der Waals surface area contributed by atoms with E-state index >= 15 is 0 Å². The van der Waals surface area contributed by atoms with Crippen LogP contribution in [0, 0.1) is 0 Å². The Morgan fingerprint density at radius 3 is 2.69 bits per heavy atom. The molecule has 0 aliphatic heterocycles. The van der Waals surface area contributed by atoms with Crippen molar-refractivity contribution < 1.29 is 0 Å². The van der Waals surface area contributed by atoms with Gasteiger partial charge in [-0.25, -0.2) is 9.78 Å². The van der Waals surface area contributed by atoms with Crippen LogP contribution in [0.15, 0.2) is 35.3 Å². The van der Waals surface area contributed by atoms with Crippen molar-refractivity contribution in [3.05, 3.63) is 40.9 Å². The highest BCUT2D eigenvalue weighted by atomic mass is 16.1. The number of H-pyrrole nitrogens is 1. The van der Waals surface area contributed by atoms with Crippen LogP contribution in [0.4, 0.5) is 0 Å². The number of nitrogens with zero attached hydrogens (tertiary/aromatic N) is 1. The van der Waals surface area contributed by atoms with Gasteiger partial charge in [-0.2, -0.15) is 0 Å². The van der Waals surface area contributed by atoms with E-state index in [2.05, 4.69) is 21.7 Å². The SMILES string of the molecule is NN.O=c1ncc2ccccc2[nH]1. The van der Waals surface area contributed by atoms with E-state index in [1.165, 1.54) is 0 Å². The largest absolute Gasteiger partial charge is 0.345 e. The van der Waals surface area contributed by atoms with Crippen LogP contribution in [0.25, 0.3) is 10.9 Å². The average molecular weight is 178 g/mol. The third kappa shape index (κ3) is 2.11. The fourth-order valence-electron chi connectivity index (χ4n) is 0.999. The van der Waals surface area contributed by atoms with Crippen LogP contribution in [-0.2, 0) is 0 Å². The first-order chi connectivity index (χ1) is 6.36. The summed E-state index contributed by atoms with van der Waals surface area (Å²) in [4.78, 5) is 16.9. The molecule has 0 fully saturated rings. The Morgan fingerprint density at radius 2 is 1.92 bits per heavy atom. The quantitative estimate of drug-likeness (QED) is 0.382. The molecule has 1 heterocycles. The minimum absolute atomic E-state index is 0.302. The van der Waals surface area contributed by atoms with Gasteiger partial charge in [0, 0.05) is 11.6 Å². The summed E-state index contributed by atoms with van der Waals surface area (Å²) in [6, 6.07) is 7.53. The number of benzene rings is 1. The lowest BCUT2D eigenvalue weighted by Crippen LogP contribution is -2.07. The predicted molar refractivity (Wildman–Crippen MR) is 50.7 cm³/mol. The molecule has 0 aliphatic carbocycles. The van der Waals surface area contributed by atoms with E-state index in [4.69, 9.17) is 0 Å². The fourth-order valence-corrected chi connectivity index (χ4v) is 0.999. The number of nitrogens with two attached hydrogens (primary N) is 2. The van der Waals surface area contributed by atoms with E-state index in [0.29, 0.717) is 0 Å². The zero-order valence-electron chi connectivity index (χ0n) is 6.90. The average Bonchev–Trinajstić information content (AvgIpc) is 2.21. The Labute approximate surface area is 74.4 Å². The topological polar surface area (TPSA) is 97.8 Å². The Hall–Kier alpha value is -1.72. The number of para-hydroxylation sites is 1. The molecule has 0 bridgehead atoms. The van der Waals surface area contributed by atoms with E-state index < -0.39 is 0 Å². The van der Waals surface area contributed by atoms with Crippen molar-refractivity contribution in [1.82, 2.24) is 9.97 Å². The molecule has 0 saturated heterocycles. The predicted octanol–water partition coefficient (Wildman–Crippen LogP) is -0.258. The van der Waals surface area contributed by atoms with E-state index in [1.807, 2.05) is 24.3 Å². The molecule has 5 nitrogen and oxygen atoms in total. The van der Waals surface area contributed by atoms with Crippen molar-refractivity contribution in [2.24, 2.45) is 11.7 Å². The molecule has 0 atom stereocenters. The second-order valence-corrected chi connectivity index (χ2v) is 2.28. The number of aromatic amines is 1. The van der Waals surface area contributed by atoms with Crippen molar-refractivity contribution in [1.29, 1.82) is 0 Å². The lowest BCUT2D eigenvalue weighted by atomic mass is 10.2. The molecule has 2 aromatic rings. The van der Waals surface area contributed by atoms with Crippen LogP contribution in [0.5, 0.6) is 0 Å². The Balaban J connectivity index is 0.000000396. The summed E-state index contributed by atoms with van der Waals surface area (Å²) in [7, 11) is 0. The van der Waals surface area contributed by atoms with Gasteiger partial charge in [-0.05, 0) is 6.07 Å². The molecule has 0 unspecified atom stereocenters. The summed E-state index contributed by atoms with van der Waals surface area (Å²) in [5.41, 5.74) is 0.524. The standard InChI is InChI=1S/C8H6N2O.H4N2/c11-8-9-5-6-3-1-2-4-7(6)10-8;1-2/h1-5H,(H,9,10,11);1-2H2. The number of fused-ring (bicyclic) bond motifs is 1. The summed E-state index contributed by atoms with van der Waals surface area (Å²) >= 11 is 0. The van der Waals surface area contributed by atoms with Gasteiger partial charge in [0.2, 0.25) is 0 Å². The zero-order valence-corrected chi connectivity index (χ0v) is 6.90. The summed E-state index contributed by atoms with van der Waals surface area (Å²) in [5.74, 6) is 8.00. The Bertz CT molecular complexity index is 437. The molecule has 13 heavy (non-hydrogen) atoms. The third-order valence-electron chi connectivity index (χ3n) is 1.52. The van der Waals surface area contributed by atoms with Crippen LogP contribution in [0.1, 0.15) is 0 Å². The molecule has 0 spiro atoms. The summed E-state index contributed by atoms with van der Waals surface area (Å²) in [6.45, 7) is 0. The highest BCUT2D eigenvalue weighted by molar-refractivity contribution is 5.76. The molecule has 0 saturated carbocycles. The highest BCUT2D eigenvalue weighted by Gasteiger charge is 1.90. The molecule has 0 radical (unpaired) electrons. The van der Waals surface area contributed by atoms with Gasteiger partial charge in [0.1, 0.15) is 0 Å². The molecule has 1 aromatic carbocycles. The zero-order chi connectivity index (χ0) is 9.68. The maximum atomic E-state index is 10.7. The number of hydrazine groups is 1. The van der Waals surface area contributed by atoms with Gasteiger partial charge >= 0.3 is 5.69 Å². The highest BCUT2D eigenvalue weighted by Crippen LogP contribution is 2.05. The molecule has 1 aromatic heterocycles. The first-order valence-electron chi connectivity index (χ1n) is 3.64. The normalized spacial score (nSPS) is 9.08. The lowest BCUT2D eigenvalue weighted by molar-refractivity contribution is 1.12. The van der Waals surface area contributed by atoms with E-state index in [1.54, 1.807) is 6.20 Å². The van der Waals surface area contributed by atoms with Crippen LogP contribution in [0.2, 0.25) is 0 Å². The van der Waals surface area contributed by atoms with Crippen molar-refractivity contribution >= 4 is 10.9 Å². The van der Waals surface area contributed by atoms with Crippen molar-refractivity contribution in [2.45, 2.75) is 0 Å². The molecule has 5 N–H and O–H groups in total.